The molecule has 0 saturated heterocycles. The summed E-state index contributed by atoms with van der Waals surface area (Å²) in [5, 5.41) is 3.98. The van der Waals surface area contributed by atoms with E-state index in [1.54, 1.807) is 30.2 Å². The van der Waals surface area contributed by atoms with Crippen LogP contribution in [0, 0.1) is 0 Å². The Morgan fingerprint density at radius 2 is 1.67 bits per heavy atom. The summed E-state index contributed by atoms with van der Waals surface area (Å²) < 4.78 is 0. The number of nitrogens with one attached hydrogen (secondary N) is 1. The maximum Gasteiger partial charge on any atom is 0.255 e. The van der Waals surface area contributed by atoms with Gasteiger partial charge >= 0.3 is 0 Å². The first-order valence-corrected chi connectivity index (χ1v) is 10.8. The monoisotopic (exact) mass is 435 g/mol. The summed E-state index contributed by atoms with van der Waals surface area (Å²) in [6.07, 6.45) is 3.27. The number of pyridine rings is 1. The van der Waals surface area contributed by atoms with E-state index in [-0.39, 0.29) is 17.9 Å². The van der Waals surface area contributed by atoms with Crippen molar-refractivity contribution in [1.82, 2.24) is 9.88 Å². The Kier molecular flexibility index (Phi) is 6.60. The molecule has 5 heteroatoms. The number of carbonyl (C=O) groups is 2. The minimum absolute atomic E-state index is 0.129. The van der Waals surface area contributed by atoms with Crippen molar-refractivity contribution in [1.29, 1.82) is 0 Å². The van der Waals surface area contributed by atoms with Crippen LogP contribution in [0.4, 0.5) is 5.69 Å². The molecule has 1 heterocycles. The van der Waals surface area contributed by atoms with Crippen LogP contribution in [0.15, 0.2) is 97.1 Å². The topological polar surface area (TPSA) is 62.3 Å². The van der Waals surface area contributed by atoms with Gasteiger partial charge in [-0.3, -0.25) is 9.59 Å². The molecule has 1 unspecified atom stereocenters. The minimum atomic E-state index is -0.180. The molecule has 1 aromatic heterocycles. The third-order valence-electron chi connectivity index (χ3n) is 5.61. The van der Waals surface area contributed by atoms with Gasteiger partial charge in [0.2, 0.25) is 5.91 Å². The van der Waals surface area contributed by atoms with E-state index in [0.717, 1.165) is 22.2 Å². The van der Waals surface area contributed by atoms with Crippen molar-refractivity contribution in [2.24, 2.45) is 0 Å². The van der Waals surface area contributed by atoms with Gasteiger partial charge in [-0.1, -0.05) is 54.6 Å². The van der Waals surface area contributed by atoms with Crippen molar-refractivity contribution in [2.45, 2.75) is 13.0 Å². The van der Waals surface area contributed by atoms with Gasteiger partial charge in [0, 0.05) is 29.8 Å². The van der Waals surface area contributed by atoms with Gasteiger partial charge in [-0.15, -0.1) is 0 Å². The van der Waals surface area contributed by atoms with Crippen LogP contribution in [-0.2, 0) is 4.79 Å². The molecule has 5 nitrogen and oxygen atoms in total. The maximum absolute atomic E-state index is 12.8. The number of para-hydroxylation sites is 1. The zero-order chi connectivity index (χ0) is 23.2. The predicted octanol–water partition coefficient (Wildman–Crippen LogP) is 5.72. The summed E-state index contributed by atoms with van der Waals surface area (Å²) in [5.41, 5.74) is 3.83. The van der Waals surface area contributed by atoms with E-state index in [9.17, 15) is 9.59 Å². The van der Waals surface area contributed by atoms with Gasteiger partial charge in [0.15, 0.2) is 0 Å². The Morgan fingerprint density at radius 1 is 0.909 bits per heavy atom. The lowest BCUT2D eigenvalue weighted by atomic mass is 10.1. The van der Waals surface area contributed by atoms with E-state index in [4.69, 9.17) is 0 Å². The fourth-order valence-corrected chi connectivity index (χ4v) is 3.53. The van der Waals surface area contributed by atoms with Crippen LogP contribution in [-0.4, -0.2) is 28.7 Å². The molecule has 0 spiro atoms. The van der Waals surface area contributed by atoms with E-state index in [0.29, 0.717) is 11.3 Å². The normalized spacial score (nSPS) is 11.9. The summed E-state index contributed by atoms with van der Waals surface area (Å²) in [4.78, 5) is 31.5. The Bertz CT molecular complexity index is 1320. The van der Waals surface area contributed by atoms with Gasteiger partial charge < -0.3 is 10.2 Å². The molecule has 1 atom stereocenters. The molecule has 1 N–H and O–H groups in total. The molecular formula is C28H25N3O2. The van der Waals surface area contributed by atoms with Crippen LogP contribution in [0.25, 0.3) is 17.0 Å². The number of nitrogens with zero attached hydrogens (tertiary/aromatic N) is 2. The Morgan fingerprint density at radius 3 is 2.48 bits per heavy atom. The standard InChI is InChI=1S/C28H25N3O2/c1-20(23-12-8-13-25(19-23)30-28(33)22-10-4-3-5-11-22)31(2)27(32)18-17-24-16-15-21-9-6-7-14-26(21)29-24/h3-20H,1-2H3,(H,30,33). The molecular weight excluding hydrogens is 410 g/mol. The second-order valence-electron chi connectivity index (χ2n) is 7.83. The molecule has 33 heavy (non-hydrogen) atoms. The van der Waals surface area contributed by atoms with Gasteiger partial charge in [-0.2, -0.15) is 0 Å². The molecule has 164 valence electrons. The molecule has 0 radical (unpaired) electrons. The fraction of sp³-hybridized carbons (Fsp3) is 0.107. The van der Waals surface area contributed by atoms with E-state index in [2.05, 4.69) is 10.3 Å². The number of rotatable bonds is 6. The van der Waals surface area contributed by atoms with E-state index >= 15 is 0 Å². The van der Waals surface area contributed by atoms with Crippen LogP contribution >= 0.6 is 0 Å². The van der Waals surface area contributed by atoms with E-state index < -0.39 is 0 Å². The van der Waals surface area contributed by atoms with Crippen LogP contribution in [0.1, 0.15) is 34.6 Å². The number of benzene rings is 3. The van der Waals surface area contributed by atoms with Gasteiger partial charge in [0.05, 0.1) is 17.3 Å². The molecule has 4 aromatic rings. The largest absolute Gasteiger partial charge is 0.335 e. The Balaban J connectivity index is 1.43. The van der Waals surface area contributed by atoms with Crippen LogP contribution in [0.2, 0.25) is 0 Å². The van der Waals surface area contributed by atoms with Gasteiger partial charge in [0.25, 0.3) is 5.91 Å². The lowest BCUT2D eigenvalue weighted by molar-refractivity contribution is -0.126. The zero-order valence-electron chi connectivity index (χ0n) is 18.6. The molecule has 0 aliphatic carbocycles. The number of fused-ring (bicyclic) bond motifs is 1. The summed E-state index contributed by atoms with van der Waals surface area (Å²) >= 11 is 0. The maximum atomic E-state index is 12.8. The zero-order valence-corrected chi connectivity index (χ0v) is 18.6. The van der Waals surface area contributed by atoms with Gasteiger partial charge in [0.1, 0.15) is 0 Å². The highest BCUT2D eigenvalue weighted by atomic mass is 16.2. The second kappa shape index (κ2) is 9.92. The average Bonchev–Trinajstić information content (AvgIpc) is 2.87. The lowest BCUT2D eigenvalue weighted by Crippen LogP contribution is -2.28. The quantitative estimate of drug-likeness (QED) is 0.394. The summed E-state index contributed by atoms with van der Waals surface area (Å²) in [6, 6.07) is 28.2. The molecule has 4 rings (SSSR count). The number of carbonyl (C=O) groups excluding carboxylic acids is 2. The van der Waals surface area contributed by atoms with Crippen molar-refractivity contribution in [3.05, 3.63) is 114 Å². The van der Waals surface area contributed by atoms with Gasteiger partial charge in [-0.05, 0) is 55.0 Å². The lowest BCUT2D eigenvalue weighted by Gasteiger charge is -2.24. The molecule has 0 aliphatic rings. The molecule has 0 bridgehead atoms. The molecule has 0 saturated carbocycles. The van der Waals surface area contributed by atoms with Crippen LogP contribution in [0.3, 0.4) is 0 Å². The number of aromatic nitrogens is 1. The summed E-state index contributed by atoms with van der Waals surface area (Å²) in [6.45, 7) is 1.96. The number of hydrogen-bond acceptors (Lipinski definition) is 3. The minimum Gasteiger partial charge on any atom is -0.335 e. The molecule has 2 amide bonds. The number of likely N-dealkylation sites (N-methyl/N-ethyl adjacent to an activating group) is 1. The number of hydrogen-bond donors (Lipinski definition) is 1. The van der Waals surface area contributed by atoms with E-state index in [1.165, 1.54) is 6.08 Å². The number of amides is 2. The highest BCUT2D eigenvalue weighted by Crippen LogP contribution is 2.23. The Labute approximate surface area is 193 Å². The SMILES string of the molecule is CC(c1cccc(NC(=O)c2ccccc2)c1)N(C)C(=O)C=Cc1ccc2ccccc2n1. The highest BCUT2D eigenvalue weighted by molar-refractivity contribution is 6.04. The fourth-order valence-electron chi connectivity index (χ4n) is 3.53. The summed E-state index contributed by atoms with van der Waals surface area (Å²) in [7, 11) is 1.76. The van der Waals surface area contributed by atoms with Crippen molar-refractivity contribution in [3.8, 4) is 0 Å². The third kappa shape index (κ3) is 5.33. The van der Waals surface area contributed by atoms with Crippen molar-refractivity contribution < 1.29 is 9.59 Å². The smallest absolute Gasteiger partial charge is 0.255 e. The molecule has 3 aromatic carbocycles. The van der Waals surface area contributed by atoms with Crippen LogP contribution < -0.4 is 5.32 Å². The third-order valence-corrected chi connectivity index (χ3v) is 5.61. The second-order valence-corrected chi connectivity index (χ2v) is 7.83. The first kappa shape index (κ1) is 22.0. The number of anilines is 1. The molecule has 0 fully saturated rings. The first-order valence-electron chi connectivity index (χ1n) is 10.8. The van der Waals surface area contributed by atoms with Gasteiger partial charge in [-0.25, -0.2) is 4.98 Å². The molecule has 0 aliphatic heterocycles. The highest BCUT2D eigenvalue weighted by Gasteiger charge is 2.16. The van der Waals surface area contributed by atoms with Crippen molar-refractivity contribution in [3.63, 3.8) is 0 Å². The predicted molar refractivity (Wildman–Crippen MR) is 133 cm³/mol. The van der Waals surface area contributed by atoms with Crippen molar-refractivity contribution in [2.75, 3.05) is 12.4 Å². The summed E-state index contributed by atoms with van der Waals surface area (Å²) in [5.74, 6) is -0.299. The van der Waals surface area contributed by atoms with E-state index in [1.807, 2.05) is 85.8 Å². The van der Waals surface area contributed by atoms with Crippen LogP contribution in [0.5, 0.6) is 0 Å². The first-order chi connectivity index (χ1) is 16.0. The Hall–Kier alpha value is -4.25. The average molecular weight is 436 g/mol. The van der Waals surface area contributed by atoms with Crippen molar-refractivity contribution >= 4 is 34.5 Å².